The quantitative estimate of drug-likeness (QED) is 0.326. The molecule has 0 radical (unpaired) electrons. The Labute approximate surface area is 185 Å². The van der Waals surface area contributed by atoms with Crippen LogP contribution in [0.2, 0.25) is 0 Å². The normalized spacial score (nSPS) is 19.4. The fourth-order valence-corrected chi connectivity index (χ4v) is 3.59. The number of amides is 2. The number of nitrogens with one attached hydrogen (secondary N) is 3. The number of likely N-dealkylation sites (tertiary alicyclic amines) is 1. The van der Waals surface area contributed by atoms with Crippen LogP contribution in [0.3, 0.4) is 0 Å². The van der Waals surface area contributed by atoms with Gasteiger partial charge in [0.15, 0.2) is 0 Å². The van der Waals surface area contributed by atoms with Crippen molar-refractivity contribution in [1.29, 1.82) is 0 Å². The van der Waals surface area contributed by atoms with Crippen molar-refractivity contribution in [2.45, 2.75) is 57.7 Å². The van der Waals surface area contributed by atoms with Gasteiger partial charge in [0.25, 0.3) is 18.5 Å². The Balaban J connectivity index is 0.000000769. The number of carbonyl (C=O) groups is 4. The maximum absolute atomic E-state index is 12.4. The summed E-state index contributed by atoms with van der Waals surface area (Å²) < 4.78 is 0. The maximum Gasteiger partial charge on any atom is 0.290 e. The third-order valence-corrected chi connectivity index (χ3v) is 5.15. The van der Waals surface area contributed by atoms with Gasteiger partial charge in [0.05, 0.1) is 18.6 Å². The fraction of sp³-hybridized carbons (Fsp3) is 0.600. The summed E-state index contributed by atoms with van der Waals surface area (Å²) in [6.45, 7) is 2.95. The molecule has 1 saturated carbocycles. The number of nitrogens with zero attached hydrogens (tertiary/aromatic N) is 2. The van der Waals surface area contributed by atoms with Crippen LogP contribution in [0.5, 0.6) is 0 Å². The van der Waals surface area contributed by atoms with E-state index in [2.05, 4.69) is 25.5 Å². The molecule has 178 valence electrons. The van der Waals surface area contributed by atoms with Crippen molar-refractivity contribution in [3.8, 4) is 0 Å². The van der Waals surface area contributed by atoms with Crippen molar-refractivity contribution in [1.82, 2.24) is 25.5 Å². The number of rotatable bonds is 8. The van der Waals surface area contributed by atoms with Crippen molar-refractivity contribution < 1.29 is 29.4 Å². The van der Waals surface area contributed by atoms with Gasteiger partial charge in [0.2, 0.25) is 11.8 Å². The van der Waals surface area contributed by atoms with Crippen LogP contribution in [0.1, 0.15) is 44.7 Å². The van der Waals surface area contributed by atoms with Crippen LogP contribution in [0, 0.1) is 5.92 Å². The maximum atomic E-state index is 12.4. The second-order valence-corrected chi connectivity index (χ2v) is 7.56. The summed E-state index contributed by atoms with van der Waals surface area (Å²) in [7, 11) is 0. The molecule has 2 heterocycles. The number of carbonyl (C=O) groups excluding carboxylic acids is 2. The molecule has 1 aliphatic heterocycles. The van der Waals surface area contributed by atoms with Crippen LogP contribution < -0.4 is 16.2 Å². The largest absolute Gasteiger partial charge is 0.483 e. The molecular formula is C20H31N5O7. The molecule has 12 nitrogen and oxygen atoms in total. The summed E-state index contributed by atoms with van der Waals surface area (Å²) in [5, 5.41) is 19.5. The molecule has 2 fully saturated rings. The molecule has 2 aliphatic rings. The summed E-state index contributed by atoms with van der Waals surface area (Å²) in [5.41, 5.74) is 0.323. The lowest BCUT2D eigenvalue weighted by atomic mass is 10.1. The van der Waals surface area contributed by atoms with E-state index in [1.54, 1.807) is 0 Å². The molecule has 0 spiro atoms. The Morgan fingerprint density at radius 3 is 2.34 bits per heavy atom. The molecule has 0 aromatic carbocycles. The molecule has 0 unspecified atom stereocenters. The predicted octanol–water partition coefficient (Wildman–Crippen LogP) is -0.443. The summed E-state index contributed by atoms with van der Waals surface area (Å²) in [5.74, 6) is 0.694. The molecule has 32 heavy (non-hydrogen) atoms. The van der Waals surface area contributed by atoms with Crippen molar-refractivity contribution in [3.63, 3.8) is 0 Å². The lowest BCUT2D eigenvalue weighted by Gasteiger charge is -2.30. The second-order valence-electron chi connectivity index (χ2n) is 7.56. The molecule has 1 aliphatic carbocycles. The number of hydrogen-bond donors (Lipinski definition) is 5. The van der Waals surface area contributed by atoms with E-state index in [1.165, 1.54) is 32.2 Å². The van der Waals surface area contributed by atoms with Crippen molar-refractivity contribution in [2.75, 3.05) is 13.1 Å². The molecule has 5 N–H and O–H groups in total. The summed E-state index contributed by atoms with van der Waals surface area (Å²) in [4.78, 5) is 60.5. The van der Waals surface area contributed by atoms with E-state index < -0.39 is 0 Å². The molecule has 12 heteroatoms. The van der Waals surface area contributed by atoms with E-state index in [-0.39, 0.29) is 42.9 Å². The standard InChI is InChI=1S/C18H27N5O3.2CH2O2/c1-12(24)19-9-16-5-4-15(23(16)10-13-2-3-13)7-18(26)20-8-14-6-17(25)22-11-21-14;2*2-1-3/h6,11,13,15-16H,2-5,7-10H2,1H3,(H,19,24)(H,20,26)(H,21,22,25);2*1H,(H,2,3)/t15-,16+;;/m1../s1. The second kappa shape index (κ2) is 14.7. The molecule has 1 saturated heterocycles. The SMILES string of the molecule is CC(=O)NC[C@@H]1CC[C@H](CC(=O)NCc2cc(=O)[nH]cn2)N1CC1CC1.O=CO.O=CO. The molecule has 0 bridgehead atoms. The number of aromatic amines is 1. The Hall–Kier alpha value is -3.28. The zero-order valence-corrected chi connectivity index (χ0v) is 18.0. The first kappa shape index (κ1) is 26.8. The number of hydrogen-bond acceptors (Lipinski definition) is 7. The Morgan fingerprint density at radius 1 is 1.16 bits per heavy atom. The first-order chi connectivity index (χ1) is 15.3. The Kier molecular flexibility index (Phi) is 12.3. The average molecular weight is 453 g/mol. The van der Waals surface area contributed by atoms with Crippen LogP contribution in [0.25, 0.3) is 0 Å². The summed E-state index contributed by atoms with van der Waals surface area (Å²) in [6, 6.07) is 1.91. The Morgan fingerprint density at radius 2 is 1.78 bits per heavy atom. The van der Waals surface area contributed by atoms with E-state index >= 15 is 0 Å². The lowest BCUT2D eigenvalue weighted by molar-refractivity contribution is -0.123. The zero-order chi connectivity index (χ0) is 23.9. The number of H-pyrrole nitrogens is 1. The molecule has 2 atom stereocenters. The minimum absolute atomic E-state index is 0.0112. The number of carboxylic acid groups (broad SMARTS) is 2. The van der Waals surface area contributed by atoms with E-state index in [0.717, 1.165) is 25.3 Å². The third kappa shape index (κ3) is 10.7. The van der Waals surface area contributed by atoms with E-state index in [4.69, 9.17) is 19.8 Å². The highest BCUT2D eigenvalue weighted by Gasteiger charge is 2.37. The lowest BCUT2D eigenvalue weighted by Crippen LogP contribution is -2.45. The molecule has 2 amide bonds. The van der Waals surface area contributed by atoms with Gasteiger partial charge in [0.1, 0.15) is 0 Å². The van der Waals surface area contributed by atoms with Gasteiger partial charge in [-0.05, 0) is 31.6 Å². The van der Waals surface area contributed by atoms with E-state index in [9.17, 15) is 14.4 Å². The predicted molar refractivity (Wildman–Crippen MR) is 114 cm³/mol. The highest BCUT2D eigenvalue weighted by atomic mass is 16.3. The highest BCUT2D eigenvalue weighted by molar-refractivity contribution is 5.76. The van der Waals surface area contributed by atoms with E-state index in [0.29, 0.717) is 24.7 Å². The minimum atomic E-state index is -0.250. The van der Waals surface area contributed by atoms with Gasteiger partial charge in [-0.2, -0.15) is 0 Å². The van der Waals surface area contributed by atoms with Gasteiger partial charge >= 0.3 is 0 Å². The average Bonchev–Trinajstić information content (AvgIpc) is 3.48. The molecule has 1 aromatic heterocycles. The molecule has 3 rings (SSSR count). The minimum Gasteiger partial charge on any atom is -0.483 e. The first-order valence-electron chi connectivity index (χ1n) is 10.3. The third-order valence-electron chi connectivity index (χ3n) is 5.15. The van der Waals surface area contributed by atoms with Crippen molar-refractivity contribution in [2.24, 2.45) is 5.92 Å². The topological polar surface area (TPSA) is 182 Å². The molecular weight excluding hydrogens is 422 g/mol. The Bertz CT molecular complexity index is 791. The first-order valence-corrected chi connectivity index (χ1v) is 10.3. The summed E-state index contributed by atoms with van der Waals surface area (Å²) in [6.07, 6.45) is 6.26. The van der Waals surface area contributed by atoms with Crippen LogP contribution in [0.15, 0.2) is 17.2 Å². The highest BCUT2D eigenvalue weighted by Crippen LogP contribution is 2.35. The van der Waals surface area contributed by atoms with Crippen molar-refractivity contribution >= 4 is 24.8 Å². The van der Waals surface area contributed by atoms with Gasteiger partial charge < -0.3 is 25.8 Å². The summed E-state index contributed by atoms with van der Waals surface area (Å²) >= 11 is 0. The molecule has 1 aromatic rings. The van der Waals surface area contributed by atoms with Gasteiger partial charge in [-0.25, -0.2) is 4.98 Å². The van der Waals surface area contributed by atoms with Crippen LogP contribution >= 0.6 is 0 Å². The van der Waals surface area contributed by atoms with Gasteiger partial charge in [-0.3, -0.25) is 28.9 Å². The monoisotopic (exact) mass is 453 g/mol. The number of aromatic nitrogens is 2. The van der Waals surface area contributed by atoms with Crippen LogP contribution in [-0.2, 0) is 25.7 Å². The van der Waals surface area contributed by atoms with Crippen LogP contribution in [0.4, 0.5) is 0 Å². The van der Waals surface area contributed by atoms with Gasteiger partial charge in [-0.15, -0.1) is 0 Å². The van der Waals surface area contributed by atoms with Crippen molar-refractivity contribution in [3.05, 3.63) is 28.4 Å². The fourth-order valence-electron chi connectivity index (χ4n) is 3.59. The van der Waals surface area contributed by atoms with E-state index in [1.807, 2.05) is 0 Å². The van der Waals surface area contributed by atoms with Gasteiger partial charge in [0, 0.05) is 44.6 Å². The zero-order valence-electron chi connectivity index (χ0n) is 18.0. The van der Waals surface area contributed by atoms with Crippen LogP contribution in [-0.4, -0.2) is 75.0 Å². The van der Waals surface area contributed by atoms with Gasteiger partial charge in [-0.1, -0.05) is 0 Å². The smallest absolute Gasteiger partial charge is 0.290 e.